The summed E-state index contributed by atoms with van der Waals surface area (Å²) in [6, 6.07) is 7.78. The van der Waals surface area contributed by atoms with Gasteiger partial charge in [-0.05, 0) is 30.3 Å². The number of H-pyrrole nitrogens is 1. The number of methoxy groups -OCH3 is 1. The van der Waals surface area contributed by atoms with E-state index in [1.54, 1.807) is 18.2 Å². The SMILES string of the molecule is COC(=O)c1ccc(-c2cc(Cl)ccc2Cl)c(=O)[nH]1. The zero-order valence-corrected chi connectivity index (χ0v) is 11.4. The van der Waals surface area contributed by atoms with Gasteiger partial charge in [0, 0.05) is 21.2 Å². The van der Waals surface area contributed by atoms with Crippen LogP contribution in [0.15, 0.2) is 35.1 Å². The van der Waals surface area contributed by atoms with E-state index in [0.29, 0.717) is 21.2 Å². The quantitative estimate of drug-likeness (QED) is 0.866. The van der Waals surface area contributed by atoms with Crippen molar-refractivity contribution in [1.82, 2.24) is 4.98 Å². The Labute approximate surface area is 118 Å². The Bertz CT molecular complexity index is 695. The lowest BCUT2D eigenvalue weighted by Gasteiger charge is -2.05. The third-order valence-corrected chi connectivity index (χ3v) is 3.10. The van der Waals surface area contributed by atoms with E-state index in [4.69, 9.17) is 23.2 Å². The normalized spacial score (nSPS) is 10.3. The molecular formula is C13H9Cl2NO3. The van der Waals surface area contributed by atoms with Gasteiger partial charge in [0.1, 0.15) is 5.69 Å². The number of ether oxygens (including phenoxy) is 1. The van der Waals surface area contributed by atoms with E-state index >= 15 is 0 Å². The van der Waals surface area contributed by atoms with Gasteiger partial charge in [-0.2, -0.15) is 0 Å². The summed E-state index contributed by atoms with van der Waals surface area (Å²) in [6.45, 7) is 0. The van der Waals surface area contributed by atoms with Crippen LogP contribution >= 0.6 is 23.2 Å². The van der Waals surface area contributed by atoms with E-state index in [0.717, 1.165) is 0 Å². The van der Waals surface area contributed by atoms with Gasteiger partial charge in [0.2, 0.25) is 0 Å². The number of pyridine rings is 1. The number of aromatic nitrogens is 1. The average molecular weight is 298 g/mol. The zero-order valence-electron chi connectivity index (χ0n) is 9.87. The Balaban J connectivity index is 2.55. The summed E-state index contributed by atoms with van der Waals surface area (Å²) in [5.41, 5.74) is 0.480. The molecule has 0 aliphatic heterocycles. The monoisotopic (exact) mass is 297 g/mol. The molecule has 0 atom stereocenters. The van der Waals surface area contributed by atoms with Crippen LogP contribution in [-0.2, 0) is 4.74 Å². The smallest absolute Gasteiger partial charge is 0.354 e. The van der Waals surface area contributed by atoms with Crippen molar-refractivity contribution in [3.8, 4) is 11.1 Å². The molecule has 98 valence electrons. The van der Waals surface area contributed by atoms with E-state index in [-0.39, 0.29) is 5.69 Å². The Morgan fingerprint density at radius 1 is 1.16 bits per heavy atom. The van der Waals surface area contributed by atoms with Crippen molar-refractivity contribution in [2.45, 2.75) is 0 Å². The van der Waals surface area contributed by atoms with Crippen molar-refractivity contribution in [2.75, 3.05) is 7.11 Å². The van der Waals surface area contributed by atoms with Crippen LogP contribution in [-0.4, -0.2) is 18.1 Å². The predicted octanol–water partition coefficient (Wildman–Crippen LogP) is 3.14. The Kier molecular flexibility index (Phi) is 3.93. The molecule has 0 saturated carbocycles. The highest BCUT2D eigenvalue weighted by atomic mass is 35.5. The first kappa shape index (κ1) is 13.6. The third kappa shape index (κ3) is 2.80. The van der Waals surface area contributed by atoms with Gasteiger partial charge in [0.05, 0.1) is 7.11 Å². The molecule has 1 aromatic carbocycles. The molecule has 2 rings (SSSR count). The van der Waals surface area contributed by atoms with Crippen molar-refractivity contribution in [2.24, 2.45) is 0 Å². The highest BCUT2D eigenvalue weighted by molar-refractivity contribution is 6.35. The van der Waals surface area contributed by atoms with Gasteiger partial charge < -0.3 is 9.72 Å². The molecule has 0 unspecified atom stereocenters. The Morgan fingerprint density at radius 3 is 2.53 bits per heavy atom. The number of rotatable bonds is 2. The highest BCUT2D eigenvalue weighted by Crippen LogP contribution is 2.28. The molecule has 0 bridgehead atoms. The second-order valence-corrected chi connectivity index (χ2v) is 4.57. The number of benzene rings is 1. The van der Waals surface area contributed by atoms with Gasteiger partial charge in [0.25, 0.3) is 5.56 Å². The summed E-state index contributed by atoms with van der Waals surface area (Å²) in [5.74, 6) is -0.610. The van der Waals surface area contributed by atoms with Gasteiger partial charge in [-0.3, -0.25) is 4.79 Å². The van der Waals surface area contributed by atoms with Crippen LogP contribution in [0.4, 0.5) is 0 Å². The lowest BCUT2D eigenvalue weighted by Crippen LogP contribution is -2.15. The molecule has 0 fully saturated rings. The second-order valence-electron chi connectivity index (χ2n) is 3.73. The van der Waals surface area contributed by atoms with Gasteiger partial charge in [-0.1, -0.05) is 23.2 Å². The minimum absolute atomic E-state index is 0.0781. The second kappa shape index (κ2) is 5.47. The molecule has 1 aromatic heterocycles. The van der Waals surface area contributed by atoms with Crippen molar-refractivity contribution in [3.05, 3.63) is 56.4 Å². The summed E-state index contributed by atoms with van der Waals surface area (Å²) in [4.78, 5) is 25.7. The van der Waals surface area contributed by atoms with Crippen LogP contribution in [0.5, 0.6) is 0 Å². The van der Waals surface area contributed by atoms with E-state index in [9.17, 15) is 9.59 Å². The summed E-state index contributed by atoms with van der Waals surface area (Å²) in [6.07, 6.45) is 0. The lowest BCUT2D eigenvalue weighted by molar-refractivity contribution is 0.0594. The number of hydrogen-bond acceptors (Lipinski definition) is 3. The molecule has 0 saturated heterocycles. The summed E-state index contributed by atoms with van der Waals surface area (Å²) in [5, 5.41) is 0.872. The Hall–Kier alpha value is -1.78. The number of aromatic amines is 1. The van der Waals surface area contributed by atoms with Gasteiger partial charge in [-0.25, -0.2) is 4.79 Å². The minimum Gasteiger partial charge on any atom is -0.464 e. The fourth-order valence-corrected chi connectivity index (χ4v) is 2.01. The van der Waals surface area contributed by atoms with Crippen molar-refractivity contribution in [3.63, 3.8) is 0 Å². The van der Waals surface area contributed by atoms with Crippen molar-refractivity contribution < 1.29 is 9.53 Å². The summed E-state index contributed by atoms with van der Waals surface area (Å²) >= 11 is 11.9. The van der Waals surface area contributed by atoms with Crippen LogP contribution in [0, 0.1) is 0 Å². The van der Waals surface area contributed by atoms with Crippen LogP contribution in [0.25, 0.3) is 11.1 Å². The highest BCUT2D eigenvalue weighted by Gasteiger charge is 2.12. The first-order valence-corrected chi connectivity index (χ1v) is 6.05. The number of carbonyl (C=O) groups is 1. The number of halogens is 2. The van der Waals surface area contributed by atoms with E-state index in [1.807, 2.05) is 0 Å². The van der Waals surface area contributed by atoms with Crippen LogP contribution in [0.3, 0.4) is 0 Å². The van der Waals surface area contributed by atoms with Crippen LogP contribution < -0.4 is 5.56 Å². The van der Waals surface area contributed by atoms with E-state index in [2.05, 4.69) is 9.72 Å². The fourth-order valence-electron chi connectivity index (χ4n) is 1.62. The Morgan fingerprint density at radius 2 is 1.89 bits per heavy atom. The average Bonchev–Trinajstić information content (AvgIpc) is 2.41. The van der Waals surface area contributed by atoms with Crippen LogP contribution in [0.2, 0.25) is 10.0 Å². The zero-order chi connectivity index (χ0) is 14.0. The maximum atomic E-state index is 12.0. The van der Waals surface area contributed by atoms with Gasteiger partial charge >= 0.3 is 5.97 Å². The van der Waals surface area contributed by atoms with E-state index < -0.39 is 11.5 Å². The third-order valence-electron chi connectivity index (χ3n) is 2.53. The van der Waals surface area contributed by atoms with Gasteiger partial charge in [-0.15, -0.1) is 0 Å². The first-order chi connectivity index (χ1) is 9.02. The number of carbonyl (C=O) groups excluding carboxylic acids is 1. The summed E-state index contributed by atoms with van der Waals surface area (Å²) < 4.78 is 4.52. The number of esters is 1. The molecule has 1 N–H and O–H groups in total. The number of hydrogen-bond donors (Lipinski definition) is 1. The molecular weight excluding hydrogens is 289 g/mol. The molecule has 0 radical (unpaired) electrons. The topological polar surface area (TPSA) is 59.2 Å². The fraction of sp³-hybridized carbons (Fsp3) is 0.0769. The molecule has 1 heterocycles. The molecule has 2 aromatic rings. The van der Waals surface area contributed by atoms with Crippen molar-refractivity contribution >= 4 is 29.2 Å². The molecule has 0 spiro atoms. The number of nitrogens with one attached hydrogen (secondary N) is 1. The first-order valence-electron chi connectivity index (χ1n) is 5.30. The predicted molar refractivity (Wildman–Crippen MR) is 73.9 cm³/mol. The minimum atomic E-state index is -0.610. The maximum absolute atomic E-state index is 12.0. The van der Waals surface area contributed by atoms with E-state index in [1.165, 1.54) is 19.2 Å². The maximum Gasteiger partial charge on any atom is 0.354 e. The molecule has 0 amide bonds. The van der Waals surface area contributed by atoms with Crippen molar-refractivity contribution in [1.29, 1.82) is 0 Å². The van der Waals surface area contributed by atoms with Gasteiger partial charge in [0.15, 0.2) is 0 Å². The molecule has 0 aliphatic rings. The molecule has 19 heavy (non-hydrogen) atoms. The summed E-state index contributed by atoms with van der Waals surface area (Å²) in [7, 11) is 1.24. The standard InChI is InChI=1S/C13H9Cl2NO3/c1-19-13(18)11-5-3-8(12(17)16-11)9-6-7(14)2-4-10(9)15/h2-6H,1H3,(H,16,17). The molecule has 0 aliphatic carbocycles. The lowest BCUT2D eigenvalue weighted by atomic mass is 10.1. The molecule has 6 heteroatoms. The van der Waals surface area contributed by atoms with Crippen LogP contribution in [0.1, 0.15) is 10.5 Å². The molecule has 4 nitrogen and oxygen atoms in total. The largest absolute Gasteiger partial charge is 0.464 e.